The van der Waals surface area contributed by atoms with Gasteiger partial charge < -0.3 is 15.0 Å². The second-order valence-electron chi connectivity index (χ2n) is 5.50. The summed E-state index contributed by atoms with van der Waals surface area (Å²) in [5.41, 5.74) is 5.89. The Bertz CT molecular complexity index is 428. The van der Waals surface area contributed by atoms with Crippen LogP contribution in [0.1, 0.15) is 44.3 Å². The molecule has 0 amide bonds. The van der Waals surface area contributed by atoms with Gasteiger partial charge in [-0.05, 0) is 19.8 Å². The zero-order valence-electron chi connectivity index (χ0n) is 11.6. The summed E-state index contributed by atoms with van der Waals surface area (Å²) < 4.78 is 33.9. The molecule has 0 aromatic carbocycles. The maximum absolute atomic E-state index is 11.9. The highest BCUT2D eigenvalue weighted by Gasteiger charge is 2.40. The topological polar surface area (TPSA) is 74.2 Å². The minimum atomic E-state index is -2.45. The van der Waals surface area contributed by atoms with Crippen LogP contribution in [0.2, 0.25) is 0 Å². The van der Waals surface area contributed by atoms with Gasteiger partial charge >= 0.3 is 0 Å². The fourth-order valence-corrected chi connectivity index (χ4v) is 2.55. The molecule has 0 aliphatic heterocycles. The number of alkyl halides is 2. The third-order valence-corrected chi connectivity index (χ3v) is 3.95. The Hall–Kier alpha value is -1.08. The lowest BCUT2D eigenvalue weighted by atomic mass is 9.72. The van der Waals surface area contributed by atoms with Crippen LogP contribution in [0.25, 0.3) is 0 Å². The van der Waals surface area contributed by atoms with Crippen LogP contribution < -0.4 is 5.73 Å². The number of aromatic nitrogens is 2. The molecule has 7 heteroatoms. The molecule has 1 aromatic heterocycles. The van der Waals surface area contributed by atoms with Crippen LogP contribution in [0.5, 0.6) is 0 Å². The van der Waals surface area contributed by atoms with E-state index < -0.39 is 13.0 Å². The average Bonchev–Trinajstić information content (AvgIpc) is 2.87. The third-order valence-electron chi connectivity index (χ3n) is 3.95. The van der Waals surface area contributed by atoms with E-state index in [2.05, 4.69) is 10.1 Å². The van der Waals surface area contributed by atoms with E-state index in [1.165, 1.54) is 0 Å². The van der Waals surface area contributed by atoms with E-state index in [-0.39, 0.29) is 18.1 Å². The summed E-state index contributed by atoms with van der Waals surface area (Å²) in [7, 11) is 0. The highest BCUT2D eigenvalue weighted by atomic mass is 19.3. The minimum Gasteiger partial charge on any atom is -0.375 e. The van der Waals surface area contributed by atoms with E-state index >= 15 is 0 Å². The van der Waals surface area contributed by atoms with Gasteiger partial charge in [0.1, 0.15) is 6.61 Å². The van der Waals surface area contributed by atoms with Gasteiger partial charge in [0, 0.05) is 12.5 Å². The lowest BCUT2D eigenvalue weighted by Gasteiger charge is -2.35. The molecule has 1 saturated carbocycles. The van der Waals surface area contributed by atoms with E-state index in [1.807, 2.05) is 6.92 Å². The van der Waals surface area contributed by atoms with Gasteiger partial charge in [-0.15, -0.1) is 0 Å². The third kappa shape index (κ3) is 3.52. The zero-order chi connectivity index (χ0) is 14.6. The van der Waals surface area contributed by atoms with Gasteiger partial charge in [0.2, 0.25) is 5.89 Å². The smallest absolute Gasteiger partial charge is 0.261 e. The highest BCUT2D eigenvalue weighted by molar-refractivity contribution is 5.10. The van der Waals surface area contributed by atoms with Gasteiger partial charge in [0.25, 0.3) is 6.43 Å². The molecule has 0 spiro atoms. The van der Waals surface area contributed by atoms with Gasteiger partial charge in [-0.2, -0.15) is 4.98 Å². The molecule has 1 fully saturated rings. The number of nitrogens with two attached hydrogens (primary N) is 1. The van der Waals surface area contributed by atoms with Gasteiger partial charge in [0.05, 0.1) is 12.0 Å². The number of hydrogen-bond acceptors (Lipinski definition) is 5. The molecule has 20 heavy (non-hydrogen) atoms. The van der Waals surface area contributed by atoms with Crippen molar-refractivity contribution in [2.45, 2.75) is 56.9 Å². The van der Waals surface area contributed by atoms with E-state index in [1.54, 1.807) is 0 Å². The maximum Gasteiger partial charge on any atom is 0.261 e. The predicted molar refractivity (Wildman–Crippen MR) is 68.6 cm³/mol. The van der Waals surface area contributed by atoms with Crippen molar-refractivity contribution in [3.8, 4) is 0 Å². The Labute approximate surface area is 116 Å². The Morgan fingerprint density at radius 1 is 1.50 bits per heavy atom. The molecule has 2 unspecified atom stereocenters. The number of ether oxygens (including phenoxy) is 1. The molecule has 1 aliphatic carbocycles. The molecule has 2 rings (SSSR count). The normalized spacial score (nSPS) is 27.1. The molecule has 0 bridgehead atoms. The molecule has 0 radical (unpaired) electrons. The Morgan fingerprint density at radius 3 is 3.00 bits per heavy atom. The molecule has 2 atom stereocenters. The molecule has 2 N–H and O–H groups in total. The van der Waals surface area contributed by atoms with Crippen LogP contribution in [0.15, 0.2) is 4.52 Å². The van der Waals surface area contributed by atoms with E-state index in [0.717, 1.165) is 25.7 Å². The largest absolute Gasteiger partial charge is 0.375 e. The number of hydrogen-bond donors (Lipinski definition) is 1. The van der Waals surface area contributed by atoms with Gasteiger partial charge in [-0.3, -0.25) is 0 Å². The zero-order valence-corrected chi connectivity index (χ0v) is 11.6. The predicted octanol–water partition coefficient (Wildman–Crippen LogP) is 2.05. The number of nitrogens with zero attached hydrogens (tertiary/aromatic N) is 2. The number of rotatable bonds is 6. The van der Waals surface area contributed by atoms with Crippen LogP contribution >= 0.6 is 0 Å². The van der Waals surface area contributed by atoms with Crippen LogP contribution in [-0.4, -0.2) is 35.8 Å². The van der Waals surface area contributed by atoms with Crippen molar-refractivity contribution < 1.29 is 18.0 Å². The highest BCUT2D eigenvalue weighted by Crippen LogP contribution is 2.37. The first kappa shape index (κ1) is 15.3. The summed E-state index contributed by atoms with van der Waals surface area (Å²) in [6.07, 6.45) is 2.01. The molecule has 1 aliphatic rings. The fraction of sp³-hybridized carbons (Fsp3) is 0.846. The van der Waals surface area contributed by atoms with Crippen LogP contribution in [0.3, 0.4) is 0 Å². The molecular weight excluding hydrogens is 268 g/mol. The van der Waals surface area contributed by atoms with E-state index in [0.29, 0.717) is 18.1 Å². The van der Waals surface area contributed by atoms with Crippen LogP contribution in [0.4, 0.5) is 8.78 Å². The monoisotopic (exact) mass is 289 g/mol. The van der Waals surface area contributed by atoms with Gasteiger partial charge in [-0.25, -0.2) is 8.78 Å². The van der Waals surface area contributed by atoms with Crippen LogP contribution in [-0.2, 0) is 16.6 Å². The summed E-state index contributed by atoms with van der Waals surface area (Å²) in [5.74, 6) is 1.03. The van der Waals surface area contributed by atoms with Crippen molar-refractivity contribution in [3.05, 3.63) is 11.7 Å². The summed E-state index contributed by atoms with van der Waals surface area (Å²) >= 11 is 0. The second kappa shape index (κ2) is 6.58. The summed E-state index contributed by atoms with van der Waals surface area (Å²) in [6.45, 7) is 1.64. The molecule has 5 nitrogen and oxygen atoms in total. The maximum atomic E-state index is 11.9. The summed E-state index contributed by atoms with van der Waals surface area (Å²) in [5, 5.41) is 3.88. The molecule has 1 aromatic rings. The van der Waals surface area contributed by atoms with Crippen molar-refractivity contribution in [2.24, 2.45) is 5.73 Å². The van der Waals surface area contributed by atoms with E-state index in [9.17, 15) is 8.78 Å². The minimum absolute atomic E-state index is 0.0135. The molecule has 114 valence electrons. The number of halogens is 2. The van der Waals surface area contributed by atoms with Crippen molar-refractivity contribution in [3.63, 3.8) is 0 Å². The van der Waals surface area contributed by atoms with Crippen molar-refractivity contribution in [1.82, 2.24) is 10.1 Å². The van der Waals surface area contributed by atoms with Crippen molar-refractivity contribution >= 4 is 0 Å². The fourth-order valence-electron chi connectivity index (χ4n) is 2.55. The second-order valence-corrected chi connectivity index (χ2v) is 5.50. The molecular formula is C13H21F2N3O2. The summed E-state index contributed by atoms with van der Waals surface area (Å²) in [6, 6.07) is 0.0135. The summed E-state index contributed by atoms with van der Waals surface area (Å²) in [4.78, 5) is 4.35. The quantitative estimate of drug-likeness (QED) is 0.811. The molecule has 0 saturated heterocycles. The van der Waals surface area contributed by atoms with E-state index in [4.69, 9.17) is 15.0 Å². The standard InChI is InChI=1S/C13H21F2N3O2/c1-13(6-3-2-4-9(13)16)12-17-11(18-20-12)5-7-19-8-10(14)15/h9-10H,2-8,16H2,1H3. The first-order valence-corrected chi connectivity index (χ1v) is 6.97. The van der Waals surface area contributed by atoms with Crippen molar-refractivity contribution in [1.29, 1.82) is 0 Å². The molecule has 1 heterocycles. The van der Waals surface area contributed by atoms with Gasteiger partial charge in [0.15, 0.2) is 5.82 Å². The van der Waals surface area contributed by atoms with Crippen molar-refractivity contribution in [2.75, 3.05) is 13.2 Å². The average molecular weight is 289 g/mol. The van der Waals surface area contributed by atoms with Crippen LogP contribution in [0, 0.1) is 0 Å². The lowest BCUT2D eigenvalue weighted by molar-refractivity contribution is 0.0182. The SMILES string of the molecule is CC1(c2nc(CCOCC(F)F)no2)CCCCC1N. The lowest BCUT2D eigenvalue weighted by Crippen LogP contribution is -2.45. The first-order valence-electron chi connectivity index (χ1n) is 6.97. The Morgan fingerprint density at radius 2 is 2.30 bits per heavy atom. The Balaban J connectivity index is 1.91. The Kier molecular flexibility index (Phi) is 5.04. The first-order chi connectivity index (χ1) is 9.52. The van der Waals surface area contributed by atoms with Gasteiger partial charge in [-0.1, -0.05) is 18.0 Å².